The molecule has 0 saturated carbocycles. The number of carbonyl (C=O) groups is 1. The Morgan fingerprint density at radius 1 is 0.977 bits per heavy atom. The van der Waals surface area contributed by atoms with Gasteiger partial charge in [0.05, 0.1) is 28.9 Å². The number of benzene rings is 3. The molecule has 0 atom stereocenters. The molecular formula is C31H25F4N3O4S. The maximum atomic E-state index is 15.4. The Bertz CT molecular complexity index is 1770. The molecule has 3 aromatic carbocycles. The van der Waals surface area contributed by atoms with Crippen LogP contribution >= 0.6 is 11.8 Å². The lowest BCUT2D eigenvalue weighted by molar-refractivity contribution is -0.0328. The highest BCUT2D eigenvalue weighted by Gasteiger charge is 2.30. The lowest BCUT2D eigenvalue weighted by Gasteiger charge is -2.12. The molecule has 2 aromatic heterocycles. The molecule has 0 bridgehead atoms. The Hall–Kier alpha value is -4.42. The zero-order valence-corrected chi connectivity index (χ0v) is 23.6. The van der Waals surface area contributed by atoms with Crippen molar-refractivity contribution in [3.63, 3.8) is 0 Å². The van der Waals surface area contributed by atoms with Gasteiger partial charge in [-0.25, -0.2) is 19.2 Å². The van der Waals surface area contributed by atoms with E-state index in [1.54, 1.807) is 55.6 Å². The number of aromatic carboxylic acids is 1. The third-order valence-electron chi connectivity index (χ3n) is 6.59. The second kappa shape index (κ2) is 12.8. The van der Waals surface area contributed by atoms with E-state index in [2.05, 4.69) is 9.97 Å². The van der Waals surface area contributed by atoms with Crippen LogP contribution in [0.25, 0.3) is 22.3 Å². The van der Waals surface area contributed by atoms with E-state index in [1.807, 2.05) is 4.57 Å². The van der Waals surface area contributed by atoms with Gasteiger partial charge in [-0.3, -0.25) is 0 Å². The van der Waals surface area contributed by atoms with E-state index in [9.17, 15) is 23.1 Å². The van der Waals surface area contributed by atoms with Gasteiger partial charge >= 0.3 is 11.5 Å². The first-order valence-electron chi connectivity index (χ1n) is 13.0. The highest BCUT2D eigenvalue weighted by atomic mass is 32.2. The largest absolute Gasteiger partial charge is 0.478 e. The van der Waals surface area contributed by atoms with Crippen molar-refractivity contribution >= 4 is 28.8 Å². The zero-order valence-electron chi connectivity index (χ0n) is 22.8. The Morgan fingerprint density at radius 2 is 1.79 bits per heavy atom. The summed E-state index contributed by atoms with van der Waals surface area (Å²) in [4.78, 5) is 20.6. The summed E-state index contributed by atoms with van der Waals surface area (Å²) >= 11 is -0.205. The summed E-state index contributed by atoms with van der Waals surface area (Å²) in [5, 5.41) is 9.40. The van der Waals surface area contributed by atoms with Crippen LogP contribution in [0.2, 0.25) is 0 Å². The Morgan fingerprint density at radius 3 is 2.53 bits per heavy atom. The van der Waals surface area contributed by atoms with Gasteiger partial charge in [0.15, 0.2) is 0 Å². The number of ether oxygens (including phenoxy) is 2. The minimum atomic E-state index is -4.43. The second-order valence-electron chi connectivity index (χ2n) is 9.47. The number of nitrogens with zero attached hydrogens (tertiary/aromatic N) is 3. The van der Waals surface area contributed by atoms with E-state index in [4.69, 9.17) is 9.47 Å². The number of pyridine rings is 1. The molecule has 5 rings (SSSR count). The second-order valence-corrected chi connectivity index (χ2v) is 10.6. The van der Waals surface area contributed by atoms with Crippen LogP contribution < -0.4 is 4.74 Å². The summed E-state index contributed by atoms with van der Waals surface area (Å²) in [6.07, 6.45) is 0.152. The molecule has 0 aliphatic carbocycles. The van der Waals surface area contributed by atoms with E-state index in [-0.39, 0.29) is 41.1 Å². The van der Waals surface area contributed by atoms with Crippen molar-refractivity contribution in [3.8, 4) is 17.1 Å². The number of alkyl halides is 3. The molecule has 0 aliphatic heterocycles. The van der Waals surface area contributed by atoms with E-state index < -0.39 is 17.3 Å². The fraction of sp³-hybridized carbons (Fsp3) is 0.194. The number of carboxylic acid groups (broad SMARTS) is 1. The summed E-state index contributed by atoms with van der Waals surface area (Å²) < 4.78 is 66.9. The topological polar surface area (TPSA) is 86.5 Å². The van der Waals surface area contributed by atoms with E-state index in [0.717, 1.165) is 0 Å². The monoisotopic (exact) mass is 611 g/mol. The first kappa shape index (κ1) is 30.1. The highest BCUT2D eigenvalue weighted by molar-refractivity contribution is 8.00. The number of methoxy groups -OCH3 is 1. The Kier molecular flexibility index (Phi) is 8.97. The molecule has 0 aliphatic rings. The third-order valence-corrected chi connectivity index (χ3v) is 7.44. The number of aromatic nitrogens is 3. The van der Waals surface area contributed by atoms with E-state index in [1.165, 1.54) is 30.3 Å². The van der Waals surface area contributed by atoms with Crippen molar-refractivity contribution < 1.29 is 36.9 Å². The summed E-state index contributed by atoms with van der Waals surface area (Å²) in [6.45, 7) is 0.635. The average molecular weight is 612 g/mol. The summed E-state index contributed by atoms with van der Waals surface area (Å²) in [7, 11) is 1.56. The Labute approximate surface area is 248 Å². The number of fused-ring (bicyclic) bond motifs is 1. The number of thioether (sulfide) groups is 1. The van der Waals surface area contributed by atoms with Crippen molar-refractivity contribution in [1.29, 1.82) is 0 Å². The highest BCUT2D eigenvalue weighted by Crippen LogP contribution is 2.38. The molecule has 222 valence electrons. The van der Waals surface area contributed by atoms with Gasteiger partial charge in [0.2, 0.25) is 5.88 Å². The van der Waals surface area contributed by atoms with Gasteiger partial charge in [0, 0.05) is 42.2 Å². The first-order valence-corrected chi connectivity index (χ1v) is 13.9. The van der Waals surface area contributed by atoms with E-state index in [0.29, 0.717) is 52.4 Å². The number of carboxylic acids is 1. The zero-order chi connectivity index (χ0) is 30.6. The molecule has 1 N–H and O–H groups in total. The van der Waals surface area contributed by atoms with Crippen LogP contribution in [0.1, 0.15) is 27.3 Å². The van der Waals surface area contributed by atoms with Crippen molar-refractivity contribution in [2.45, 2.75) is 30.0 Å². The molecule has 0 unspecified atom stereocenters. The van der Waals surface area contributed by atoms with Crippen LogP contribution in [-0.2, 0) is 24.3 Å². The summed E-state index contributed by atoms with van der Waals surface area (Å²) in [5.41, 5.74) is -1.45. The quantitative estimate of drug-likeness (QED) is 0.123. The third kappa shape index (κ3) is 7.33. The molecule has 5 aromatic rings. The van der Waals surface area contributed by atoms with Crippen LogP contribution in [0.4, 0.5) is 17.6 Å². The van der Waals surface area contributed by atoms with Gasteiger partial charge in [0.1, 0.15) is 18.2 Å². The van der Waals surface area contributed by atoms with Gasteiger partial charge in [-0.1, -0.05) is 36.4 Å². The average Bonchev–Trinajstić information content (AvgIpc) is 3.32. The Balaban J connectivity index is 1.35. The maximum Gasteiger partial charge on any atom is 0.446 e. The standard InChI is InChI=1S/C31H25F4N3O4S/c1-41-14-13-38-26-16-21(30(39)40)11-12-25(26)36-28(38)17-19-9-10-20(15-23(19)32)24-6-4-8-29(37-24)42-18-22-5-2-3-7-27(22)43-31(33,34)35/h2-12,15-16H,13-14,17-18H2,1H3,(H,39,40). The van der Waals surface area contributed by atoms with Crippen molar-refractivity contribution in [2.24, 2.45) is 0 Å². The minimum absolute atomic E-state index is 0.0434. The normalized spacial score (nSPS) is 11.7. The van der Waals surface area contributed by atoms with Crippen LogP contribution in [0.15, 0.2) is 83.8 Å². The fourth-order valence-electron chi connectivity index (χ4n) is 4.55. The number of rotatable bonds is 11. The molecule has 0 fully saturated rings. The van der Waals surface area contributed by atoms with Crippen molar-refractivity contribution in [3.05, 3.63) is 107 Å². The number of halogens is 4. The lowest BCUT2D eigenvalue weighted by atomic mass is 10.1. The first-order chi connectivity index (χ1) is 20.6. The van der Waals surface area contributed by atoms with Crippen LogP contribution in [0, 0.1) is 5.82 Å². The molecule has 7 nitrogen and oxygen atoms in total. The van der Waals surface area contributed by atoms with Gasteiger partial charge in [0.25, 0.3) is 0 Å². The van der Waals surface area contributed by atoms with Crippen LogP contribution in [-0.4, -0.2) is 44.8 Å². The number of hydrogen-bond acceptors (Lipinski definition) is 6. The molecular weight excluding hydrogens is 586 g/mol. The molecule has 0 spiro atoms. The smallest absolute Gasteiger partial charge is 0.446 e. The van der Waals surface area contributed by atoms with E-state index >= 15 is 4.39 Å². The van der Waals surface area contributed by atoms with Gasteiger partial charge in [-0.05, 0) is 53.7 Å². The molecule has 0 saturated heterocycles. The fourth-order valence-corrected chi connectivity index (χ4v) is 5.20. The summed E-state index contributed by atoms with van der Waals surface area (Å²) in [5.74, 6) is -0.807. The predicted molar refractivity (Wildman–Crippen MR) is 154 cm³/mol. The van der Waals surface area contributed by atoms with Crippen molar-refractivity contribution in [2.75, 3.05) is 13.7 Å². The summed E-state index contributed by atoms with van der Waals surface area (Å²) in [6, 6.07) is 20.4. The van der Waals surface area contributed by atoms with Gasteiger partial charge in [-0.15, -0.1) is 0 Å². The lowest BCUT2D eigenvalue weighted by Crippen LogP contribution is -2.10. The number of imidazole rings is 1. The number of hydrogen-bond donors (Lipinski definition) is 1. The van der Waals surface area contributed by atoms with Crippen LogP contribution in [0.5, 0.6) is 5.88 Å². The minimum Gasteiger partial charge on any atom is -0.478 e. The van der Waals surface area contributed by atoms with Gasteiger partial charge < -0.3 is 19.1 Å². The predicted octanol–water partition coefficient (Wildman–Crippen LogP) is 7.36. The van der Waals surface area contributed by atoms with Gasteiger partial charge in [-0.2, -0.15) is 13.2 Å². The van der Waals surface area contributed by atoms with Crippen molar-refractivity contribution in [1.82, 2.24) is 14.5 Å². The SMILES string of the molecule is COCCn1c(Cc2ccc(-c3cccc(OCc4ccccc4SC(F)(F)F)n3)cc2F)nc2ccc(C(=O)O)cc21. The molecule has 0 amide bonds. The molecule has 0 radical (unpaired) electrons. The maximum absolute atomic E-state index is 15.4. The molecule has 43 heavy (non-hydrogen) atoms. The van der Waals surface area contributed by atoms with Crippen LogP contribution in [0.3, 0.4) is 0 Å². The molecule has 2 heterocycles. The molecule has 12 heteroatoms.